The number of hydrogen-bond acceptors (Lipinski definition) is 7. The Labute approximate surface area is 250 Å². The minimum Gasteiger partial charge on any atom is -0.339 e. The van der Waals surface area contributed by atoms with Crippen molar-refractivity contribution in [3.05, 3.63) is 41.8 Å². The van der Waals surface area contributed by atoms with Crippen LogP contribution in [-0.2, 0) is 16.6 Å². The van der Waals surface area contributed by atoms with Crippen LogP contribution in [0.1, 0.15) is 113 Å². The van der Waals surface area contributed by atoms with Crippen LogP contribution in [0.2, 0.25) is 0 Å². The Morgan fingerprint density at radius 1 is 0.884 bits per heavy atom. The monoisotopic (exact) mass is 591 g/mol. The number of aromatic nitrogens is 4. The summed E-state index contributed by atoms with van der Waals surface area (Å²) in [5, 5.41) is 8.48. The highest BCUT2D eigenvalue weighted by atomic mass is 19.3. The number of halogens is 2. The predicted molar refractivity (Wildman–Crippen MR) is 154 cm³/mol. The molecule has 228 valence electrons. The SMILES string of the molecule is O=C(C1CCC(F)(F)CC1)N(CC12CCC(c3nc(CC4CC4)no3)(CC1)CC2)c1cccc(-c2nc(C3CC3)no2)c1. The number of nitrogens with zero attached hydrogens (tertiary/aromatic N) is 5. The third-order valence-electron chi connectivity index (χ3n) is 11.1. The van der Waals surface area contributed by atoms with Crippen molar-refractivity contribution in [2.45, 2.75) is 114 Å². The van der Waals surface area contributed by atoms with Crippen molar-refractivity contribution >= 4 is 11.6 Å². The molecule has 10 heteroatoms. The number of rotatable bonds is 9. The molecule has 6 aliphatic rings. The van der Waals surface area contributed by atoms with Gasteiger partial charge in [0.2, 0.25) is 17.7 Å². The van der Waals surface area contributed by atoms with E-state index in [-0.39, 0.29) is 42.4 Å². The largest absolute Gasteiger partial charge is 0.339 e. The second kappa shape index (κ2) is 10.2. The van der Waals surface area contributed by atoms with E-state index in [9.17, 15) is 13.6 Å². The average molecular weight is 592 g/mol. The van der Waals surface area contributed by atoms with Crippen LogP contribution in [0.4, 0.5) is 14.5 Å². The van der Waals surface area contributed by atoms with E-state index >= 15 is 0 Å². The van der Waals surface area contributed by atoms with Gasteiger partial charge in [-0.15, -0.1) is 0 Å². The fourth-order valence-electron chi connectivity index (χ4n) is 7.76. The Morgan fingerprint density at radius 3 is 2.33 bits per heavy atom. The molecule has 0 N–H and O–H groups in total. The highest BCUT2D eigenvalue weighted by Gasteiger charge is 2.53. The van der Waals surface area contributed by atoms with E-state index in [4.69, 9.17) is 14.0 Å². The van der Waals surface area contributed by atoms with Crippen molar-refractivity contribution in [3.8, 4) is 11.5 Å². The standard InChI is InChI=1S/C33H39F2N5O3/c34-33(35)10-8-23(9-11-33)29(41)40(25-3-1-2-24(19-25)28-37-27(39-42-28)22-6-7-22)20-31-12-15-32(16-13-31,17-14-31)30-36-26(38-43-30)18-21-4-5-21/h1-3,19,21-23H,4-18,20H2. The zero-order valence-electron chi connectivity index (χ0n) is 24.6. The van der Waals surface area contributed by atoms with E-state index in [1.54, 1.807) is 0 Å². The summed E-state index contributed by atoms with van der Waals surface area (Å²) < 4.78 is 39.5. The van der Waals surface area contributed by atoms with Gasteiger partial charge in [0.1, 0.15) is 0 Å². The first-order valence-electron chi connectivity index (χ1n) is 16.3. The second-order valence-electron chi connectivity index (χ2n) is 14.3. The molecule has 6 aliphatic carbocycles. The summed E-state index contributed by atoms with van der Waals surface area (Å²) in [5.41, 5.74) is 1.43. The molecule has 0 aliphatic heterocycles. The molecular weight excluding hydrogens is 552 g/mol. The fraction of sp³-hybridized carbons (Fsp3) is 0.667. The maximum atomic E-state index is 14.2. The van der Waals surface area contributed by atoms with Gasteiger partial charge in [0.15, 0.2) is 11.6 Å². The van der Waals surface area contributed by atoms with E-state index < -0.39 is 11.8 Å². The molecule has 0 unspecified atom stereocenters. The lowest BCUT2D eigenvalue weighted by Crippen LogP contribution is -2.52. The number of amides is 1. The minimum atomic E-state index is -2.68. The molecule has 9 rings (SSSR count). The fourth-order valence-corrected chi connectivity index (χ4v) is 7.76. The summed E-state index contributed by atoms with van der Waals surface area (Å²) in [5.74, 6) is 0.793. The van der Waals surface area contributed by atoms with E-state index in [0.717, 1.165) is 86.6 Å². The highest BCUT2D eigenvalue weighted by Crippen LogP contribution is 2.58. The maximum Gasteiger partial charge on any atom is 0.258 e. The first-order valence-corrected chi connectivity index (χ1v) is 16.3. The molecule has 43 heavy (non-hydrogen) atoms. The van der Waals surface area contributed by atoms with Crippen LogP contribution in [0.25, 0.3) is 11.5 Å². The van der Waals surface area contributed by atoms with Gasteiger partial charge in [-0.2, -0.15) is 9.97 Å². The quantitative estimate of drug-likeness (QED) is 0.256. The summed E-state index contributed by atoms with van der Waals surface area (Å²) >= 11 is 0. The van der Waals surface area contributed by atoms with E-state index in [1.165, 1.54) is 12.8 Å². The number of fused-ring (bicyclic) bond motifs is 3. The number of alkyl halides is 2. The Hall–Kier alpha value is -3.17. The molecule has 2 heterocycles. The van der Waals surface area contributed by atoms with E-state index in [0.29, 0.717) is 24.3 Å². The smallest absolute Gasteiger partial charge is 0.258 e. The molecular formula is C33H39F2N5O3. The van der Waals surface area contributed by atoms with Crippen LogP contribution in [0.5, 0.6) is 0 Å². The van der Waals surface area contributed by atoms with Gasteiger partial charge in [-0.1, -0.05) is 16.4 Å². The maximum absolute atomic E-state index is 14.2. The zero-order chi connectivity index (χ0) is 29.2. The third kappa shape index (κ3) is 5.39. The van der Waals surface area contributed by atoms with Crippen molar-refractivity contribution in [1.82, 2.24) is 20.3 Å². The van der Waals surface area contributed by atoms with Crippen molar-refractivity contribution in [2.75, 3.05) is 11.4 Å². The molecule has 6 fully saturated rings. The van der Waals surface area contributed by atoms with Crippen LogP contribution in [0.3, 0.4) is 0 Å². The number of hydrogen-bond donors (Lipinski definition) is 0. The summed E-state index contributed by atoms with van der Waals surface area (Å²) in [6.07, 6.45) is 11.3. The molecule has 0 saturated heterocycles. The third-order valence-corrected chi connectivity index (χ3v) is 11.1. The molecule has 0 radical (unpaired) electrons. The zero-order valence-corrected chi connectivity index (χ0v) is 24.6. The summed E-state index contributed by atoms with van der Waals surface area (Å²) in [4.78, 5) is 25.5. The Balaban J connectivity index is 1.04. The molecule has 0 atom stereocenters. The van der Waals surface area contributed by atoms with Gasteiger partial charge in [-0.25, -0.2) is 8.78 Å². The van der Waals surface area contributed by atoms with Gasteiger partial charge in [0.05, 0.1) is 0 Å². The molecule has 2 bridgehead atoms. The Kier molecular flexibility index (Phi) is 6.49. The van der Waals surface area contributed by atoms with Gasteiger partial charge >= 0.3 is 0 Å². The van der Waals surface area contributed by atoms with Gasteiger partial charge in [0, 0.05) is 54.3 Å². The first kappa shape index (κ1) is 27.4. The van der Waals surface area contributed by atoms with Crippen LogP contribution >= 0.6 is 0 Å². The van der Waals surface area contributed by atoms with Crippen LogP contribution in [0.15, 0.2) is 33.3 Å². The summed E-state index contributed by atoms with van der Waals surface area (Å²) in [7, 11) is 0. The van der Waals surface area contributed by atoms with Crippen molar-refractivity contribution < 1.29 is 22.6 Å². The average Bonchev–Trinajstić information content (AvgIpc) is 3.94. The topological polar surface area (TPSA) is 98.2 Å². The lowest BCUT2D eigenvalue weighted by Gasteiger charge is -2.53. The molecule has 0 spiro atoms. The van der Waals surface area contributed by atoms with E-state index in [2.05, 4.69) is 15.3 Å². The van der Waals surface area contributed by atoms with Gasteiger partial charge in [-0.3, -0.25) is 4.79 Å². The Bertz CT molecular complexity index is 1470. The van der Waals surface area contributed by atoms with E-state index in [1.807, 2.05) is 29.2 Å². The normalized spacial score (nSPS) is 28.7. The number of benzene rings is 1. The number of anilines is 1. The molecule has 1 aromatic carbocycles. The molecule has 8 nitrogen and oxygen atoms in total. The van der Waals surface area contributed by atoms with Crippen LogP contribution in [0, 0.1) is 17.3 Å². The molecule has 2 aromatic heterocycles. The van der Waals surface area contributed by atoms with Crippen molar-refractivity contribution in [1.29, 1.82) is 0 Å². The summed E-state index contributed by atoms with van der Waals surface area (Å²) in [6.45, 7) is 0.576. The van der Waals surface area contributed by atoms with Gasteiger partial charge in [-0.05, 0) is 107 Å². The second-order valence-corrected chi connectivity index (χ2v) is 14.3. The van der Waals surface area contributed by atoms with Crippen molar-refractivity contribution in [2.24, 2.45) is 17.3 Å². The minimum absolute atomic E-state index is 0.0352. The lowest BCUT2D eigenvalue weighted by molar-refractivity contribution is -0.127. The highest BCUT2D eigenvalue weighted by molar-refractivity contribution is 5.95. The lowest BCUT2D eigenvalue weighted by atomic mass is 9.53. The first-order chi connectivity index (χ1) is 20.8. The van der Waals surface area contributed by atoms with Crippen LogP contribution in [-0.4, -0.2) is 38.7 Å². The summed E-state index contributed by atoms with van der Waals surface area (Å²) in [6, 6.07) is 7.74. The molecule has 1 amide bonds. The molecule has 3 aromatic rings. The van der Waals surface area contributed by atoms with Gasteiger partial charge < -0.3 is 13.9 Å². The predicted octanol–water partition coefficient (Wildman–Crippen LogP) is 7.40. The van der Waals surface area contributed by atoms with Crippen LogP contribution < -0.4 is 4.90 Å². The van der Waals surface area contributed by atoms with Gasteiger partial charge in [0.25, 0.3) is 5.89 Å². The number of carbonyl (C=O) groups excluding carboxylic acids is 1. The Morgan fingerprint density at radius 2 is 1.63 bits per heavy atom. The number of carbonyl (C=O) groups is 1. The van der Waals surface area contributed by atoms with Crippen molar-refractivity contribution in [3.63, 3.8) is 0 Å². The molecule has 6 saturated carbocycles.